The molecule has 1 fully saturated rings. The molecule has 0 aromatic carbocycles. The molecule has 0 aromatic heterocycles. The minimum atomic E-state index is -5.06. The maximum absolute atomic E-state index is 12.7. The normalized spacial score (nSPS) is 21.8. The molecule has 0 amide bonds. The van der Waals surface area contributed by atoms with Crippen molar-refractivity contribution in [1.29, 1.82) is 0 Å². The lowest BCUT2D eigenvalue weighted by Gasteiger charge is -2.41. The first-order valence-corrected chi connectivity index (χ1v) is 21.3. The molecule has 0 aromatic rings. The van der Waals surface area contributed by atoms with Gasteiger partial charge in [0.15, 0.2) is 6.29 Å². The van der Waals surface area contributed by atoms with Crippen LogP contribution in [0.3, 0.4) is 0 Å². The predicted octanol–water partition coefficient (Wildman–Crippen LogP) is 7.23. The summed E-state index contributed by atoms with van der Waals surface area (Å²) in [5, 5.41) is 30.5. The van der Waals surface area contributed by atoms with Gasteiger partial charge in [0, 0.05) is 13.0 Å². The van der Waals surface area contributed by atoms with Crippen molar-refractivity contribution >= 4 is 16.4 Å². The maximum atomic E-state index is 12.7. The van der Waals surface area contributed by atoms with Crippen molar-refractivity contribution in [2.45, 2.75) is 173 Å². The van der Waals surface area contributed by atoms with E-state index < -0.39 is 59.8 Å². The number of hydrogen-bond donors (Lipinski definition) is 4. The second kappa shape index (κ2) is 32.3. The van der Waals surface area contributed by atoms with Crippen LogP contribution in [0.25, 0.3) is 0 Å². The number of ether oxygens (including phenoxy) is 4. The van der Waals surface area contributed by atoms with E-state index in [1.54, 1.807) is 0 Å². The van der Waals surface area contributed by atoms with E-state index in [-0.39, 0.29) is 19.6 Å². The van der Waals surface area contributed by atoms with Gasteiger partial charge in [-0.25, -0.2) is 4.18 Å². The van der Waals surface area contributed by atoms with Gasteiger partial charge < -0.3 is 34.3 Å². The molecule has 13 heteroatoms. The fraction of sp³-hybridized carbons (Fsp3) is 0.775. The molecule has 0 aliphatic carbocycles. The Morgan fingerprint density at radius 3 is 1.91 bits per heavy atom. The van der Waals surface area contributed by atoms with E-state index >= 15 is 0 Å². The smallest absolute Gasteiger partial charge is 0.397 e. The van der Waals surface area contributed by atoms with Gasteiger partial charge in [-0.3, -0.25) is 9.35 Å². The largest absolute Gasteiger partial charge is 0.457 e. The molecule has 1 aliphatic rings. The Bertz CT molecular complexity index is 1120. The molecule has 53 heavy (non-hydrogen) atoms. The molecule has 0 bridgehead atoms. The third-order valence-electron chi connectivity index (χ3n) is 8.72. The number of esters is 1. The summed E-state index contributed by atoms with van der Waals surface area (Å²) in [6, 6.07) is 0. The van der Waals surface area contributed by atoms with Crippen molar-refractivity contribution in [2.75, 3.05) is 26.4 Å². The number of aliphatic hydroxyl groups excluding tert-OH is 3. The van der Waals surface area contributed by atoms with Crippen molar-refractivity contribution in [1.82, 2.24) is 0 Å². The van der Waals surface area contributed by atoms with E-state index in [1.165, 1.54) is 25.7 Å². The summed E-state index contributed by atoms with van der Waals surface area (Å²) in [6.07, 6.45) is 27.4. The topological polar surface area (TPSA) is 178 Å². The van der Waals surface area contributed by atoms with Crippen LogP contribution in [-0.4, -0.2) is 97.5 Å². The molecule has 12 nitrogen and oxygen atoms in total. The van der Waals surface area contributed by atoms with Crippen molar-refractivity contribution in [3.05, 3.63) is 48.6 Å². The SMILES string of the molecule is CC/C=C\C/C=C\C/C=C\C/C=C\CCCCCCCOCC(COC1OC(CO)C(O)C(OS(=O)(=O)O)C1O)OC(=O)CCCCCCCCCC. The second-order valence-electron chi connectivity index (χ2n) is 13.5. The average Bonchev–Trinajstić information content (AvgIpc) is 3.12. The second-order valence-corrected chi connectivity index (χ2v) is 14.5. The predicted molar refractivity (Wildman–Crippen MR) is 206 cm³/mol. The summed E-state index contributed by atoms with van der Waals surface area (Å²) in [7, 11) is -5.06. The van der Waals surface area contributed by atoms with Crippen LogP contribution in [-0.2, 0) is 38.3 Å². The summed E-state index contributed by atoms with van der Waals surface area (Å²) < 4.78 is 58.7. The van der Waals surface area contributed by atoms with Crippen LogP contribution in [0, 0.1) is 0 Å². The first-order chi connectivity index (χ1) is 25.6. The molecule has 1 aliphatic heterocycles. The summed E-state index contributed by atoms with van der Waals surface area (Å²) in [5.74, 6) is -0.414. The highest BCUT2D eigenvalue weighted by molar-refractivity contribution is 7.80. The number of rotatable bonds is 33. The third kappa shape index (κ3) is 26.5. The van der Waals surface area contributed by atoms with E-state index in [0.29, 0.717) is 13.0 Å². The number of carbonyl (C=O) groups is 1. The van der Waals surface area contributed by atoms with Crippen LogP contribution in [0.5, 0.6) is 0 Å². The van der Waals surface area contributed by atoms with Gasteiger partial charge in [0.25, 0.3) is 0 Å². The van der Waals surface area contributed by atoms with E-state index in [4.69, 9.17) is 23.5 Å². The van der Waals surface area contributed by atoms with Gasteiger partial charge in [-0.15, -0.1) is 0 Å². The summed E-state index contributed by atoms with van der Waals surface area (Å²) in [4.78, 5) is 12.7. The molecule has 0 spiro atoms. The van der Waals surface area contributed by atoms with Gasteiger partial charge in [-0.2, -0.15) is 8.42 Å². The van der Waals surface area contributed by atoms with Gasteiger partial charge in [-0.1, -0.05) is 127 Å². The van der Waals surface area contributed by atoms with E-state index in [2.05, 4.69) is 66.6 Å². The lowest BCUT2D eigenvalue weighted by Crippen LogP contribution is -2.60. The van der Waals surface area contributed by atoms with Crippen LogP contribution in [0.15, 0.2) is 48.6 Å². The van der Waals surface area contributed by atoms with Gasteiger partial charge in [0.1, 0.15) is 30.5 Å². The zero-order chi connectivity index (χ0) is 39.0. The van der Waals surface area contributed by atoms with Crippen LogP contribution in [0.1, 0.15) is 136 Å². The van der Waals surface area contributed by atoms with E-state index in [0.717, 1.165) is 83.5 Å². The van der Waals surface area contributed by atoms with Crippen LogP contribution in [0.4, 0.5) is 0 Å². The summed E-state index contributed by atoms with van der Waals surface area (Å²) in [5.41, 5.74) is 0. The zero-order valence-electron chi connectivity index (χ0n) is 32.3. The lowest BCUT2D eigenvalue weighted by molar-refractivity contribution is -0.301. The van der Waals surface area contributed by atoms with Crippen molar-refractivity contribution in [3.63, 3.8) is 0 Å². The molecule has 1 saturated heterocycles. The molecule has 6 unspecified atom stereocenters. The first kappa shape index (κ1) is 49.1. The minimum Gasteiger partial charge on any atom is -0.457 e. The molecular formula is C40H70O12S. The quantitative estimate of drug-likeness (QED) is 0.0228. The Balaban J connectivity index is 2.46. The highest BCUT2D eigenvalue weighted by Gasteiger charge is 2.48. The molecule has 6 atom stereocenters. The highest BCUT2D eigenvalue weighted by atomic mass is 32.3. The Hall–Kier alpha value is -1.94. The van der Waals surface area contributed by atoms with Crippen LogP contribution in [0.2, 0.25) is 0 Å². The van der Waals surface area contributed by atoms with Crippen molar-refractivity contribution in [3.8, 4) is 0 Å². The summed E-state index contributed by atoms with van der Waals surface area (Å²) >= 11 is 0. The Labute approximate surface area is 319 Å². The lowest BCUT2D eigenvalue weighted by atomic mass is 9.99. The van der Waals surface area contributed by atoms with Crippen molar-refractivity contribution < 1.29 is 56.2 Å². The first-order valence-electron chi connectivity index (χ1n) is 19.9. The van der Waals surface area contributed by atoms with Gasteiger partial charge in [-0.05, 0) is 51.4 Å². The van der Waals surface area contributed by atoms with E-state index in [1.807, 2.05) is 0 Å². The zero-order valence-corrected chi connectivity index (χ0v) is 33.1. The highest BCUT2D eigenvalue weighted by Crippen LogP contribution is 2.26. The molecular weight excluding hydrogens is 704 g/mol. The number of hydrogen-bond acceptors (Lipinski definition) is 11. The average molecular weight is 775 g/mol. The third-order valence-corrected chi connectivity index (χ3v) is 9.18. The fourth-order valence-corrected chi connectivity index (χ4v) is 6.23. The van der Waals surface area contributed by atoms with Crippen LogP contribution < -0.4 is 0 Å². The van der Waals surface area contributed by atoms with Gasteiger partial charge in [0.2, 0.25) is 0 Å². The Morgan fingerprint density at radius 2 is 1.30 bits per heavy atom. The van der Waals surface area contributed by atoms with Gasteiger partial charge in [0.05, 0.1) is 19.8 Å². The minimum absolute atomic E-state index is 0.0226. The van der Waals surface area contributed by atoms with Gasteiger partial charge >= 0.3 is 16.4 Å². The molecule has 308 valence electrons. The van der Waals surface area contributed by atoms with E-state index in [9.17, 15) is 28.5 Å². The number of aliphatic hydroxyl groups is 3. The van der Waals surface area contributed by atoms with Crippen molar-refractivity contribution in [2.24, 2.45) is 0 Å². The molecule has 0 saturated carbocycles. The standard InChI is InChI=1S/C40H70O12S/c1-3-5-7-9-11-13-14-15-16-17-18-19-20-21-22-24-26-28-30-48-32-34(50-36(42)29-27-25-23-12-10-8-6-4-2)33-49-40-38(44)39(52-53(45,46)47)37(43)35(31-41)51-40/h5,7,11,13,15-16,18-19,34-35,37-41,43-44H,3-4,6,8-10,12,14,17,20-33H2,1-2H3,(H,45,46,47)/b7-5-,13-11-,16-15-,19-18-. The molecule has 4 N–H and O–H groups in total. The molecule has 1 heterocycles. The number of unbranched alkanes of at least 4 members (excludes halogenated alkanes) is 12. The molecule has 1 rings (SSSR count). The monoisotopic (exact) mass is 774 g/mol. The summed E-state index contributed by atoms with van der Waals surface area (Å²) in [6.45, 7) is 3.77. The van der Waals surface area contributed by atoms with Crippen LogP contribution >= 0.6 is 0 Å². The Kier molecular flexibility index (Phi) is 29.9. The Morgan fingerprint density at radius 1 is 0.736 bits per heavy atom. The number of carbonyl (C=O) groups excluding carboxylic acids is 1. The fourth-order valence-electron chi connectivity index (χ4n) is 5.72. The maximum Gasteiger partial charge on any atom is 0.397 e. The molecule has 0 radical (unpaired) electrons. The number of allylic oxidation sites excluding steroid dienone is 8.